The first-order valence-electron chi connectivity index (χ1n) is 10.5. The summed E-state index contributed by atoms with van der Waals surface area (Å²) in [4.78, 5) is 24.6. The van der Waals surface area contributed by atoms with Gasteiger partial charge in [0.05, 0.1) is 43.9 Å². The Morgan fingerprint density at radius 2 is 2.07 bits per heavy atom. The number of amides is 1. The molecule has 2 aromatic rings. The predicted molar refractivity (Wildman–Crippen MR) is 111 cm³/mol. The van der Waals surface area contributed by atoms with Crippen LogP contribution in [0.4, 0.5) is 0 Å². The van der Waals surface area contributed by atoms with Crippen LogP contribution in [-0.4, -0.2) is 94.8 Å². The van der Waals surface area contributed by atoms with E-state index in [-0.39, 0.29) is 17.5 Å². The number of carbonyl (C=O) groups excluding carboxylic acids is 1. The number of ether oxygens (including phenoxy) is 2. The first-order valence-corrected chi connectivity index (χ1v) is 10.5. The van der Waals surface area contributed by atoms with Gasteiger partial charge in [0.2, 0.25) is 0 Å². The molecule has 0 N–H and O–H groups in total. The first kappa shape index (κ1) is 19.5. The van der Waals surface area contributed by atoms with Gasteiger partial charge in [0.15, 0.2) is 0 Å². The Bertz CT molecular complexity index is 906. The van der Waals surface area contributed by atoms with E-state index in [4.69, 9.17) is 9.47 Å². The van der Waals surface area contributed by atoms with Crippen LogP contribution in [0.5, 0.6) is 5.75 Å². The number of fused-ring (bicyclic) bond motifs is 2. The Balaban J connectivity index is 1.33. The van der Waals surface area contributed by atoms with E-state index in [0.717, 1.165) is 45.1 Å². The van der Waals surface area contributed by atoms with E-state index in [9.17, 15) is 4.79 Å². The first-order chi connectivity index (χ1) is 14.6. The third-order valence-corrected chi connectivity index (χ3v) is 6.72. The topological polar surface area (TPSA) is 63.1 Å². The number of hydrogen-bond acceptors (Lipinski definition) is 6. The van der Waals surface area contributed by atoms with E-state index in [1.807, 2.05) is 48.7 Å². The smallest absolute Gasteiger partial charge is 0.253 e. The van der Waals surface area contributed by atoms with Gasteiger partial charge in [0.1, 0.15) is 5.75 Å². The summed E-state index contributed by atoms with van der Waals surface area (Å²) in [7, 11) is 3.67. The maximum atomic E-state index is 13.3. The van der Waals surface area contributed by atoms with Crippen LogP contribution in [0.15, 0.2) is 36.8 Å². The fourth-order valence-corrected chi connectivity index (χ4v) is 5.21. The quantitative estimate of drug-likeness (QED) is 0.743. The number of methoxy groups -OCH3 is 1. The number of piperazine rings is 1. The zero-order valence-corrected chi connectivity index (χ0v) is 17.7. The van der Waals surface area contributed by atoms with Gasteiger partial charge in [-0.2, -0.15) is 0 Å². The second kappa shape index (κ2) is 7.68. The van der Waals surface area contributed by atoms with Crippen molar-refractivity contribution in [2.24, 2.45) is 7.05 Å². The van der Waals surface area contributed by atoms with E-state index >= 15 is 0 Å². The van der Waals surface area contributed by atoms with Crippen LogP contribution < -0.4 is 4.74 Å². The van der Waals surface area contributed by atoms with Crippen molar-refractivity contribution in [2.75, 3.05) is 53.0 Å². The summed E-state index contributed by atoms with van der Waals surface area (Å²) in [5.74, 6) is 0.852. The lowest BCUT2D eigenvalue weighted by Gasteiger charge is -2.63. The maximum Gasteiger partial charge on any atom is 0.253 e. The van der Waals surface area contributed by atoms with Crippen molar-refractivity contribution in [3.05, 3.63) is 48.0 Å². The number of nitrogens with zero attached hydrogens (tertiary/aromatic N) is 5. The van der Waals surface area contributed by atoms with Crippen molar-refractivity contribution in [1.82, 2.24) is 24.3 Å². The minimum absolute atomic E-state index is 0.00736. The van der Waals surface area contributed by atoms with Crippen LogP contribution in [0.3, 0.4) is 0 Å². The molecule has 4 heterocycles. The average molecular weight is 412 g/mol. The summed E-state index contributed by atoms with van der Waals surface area (Å²) in [5, 5.41) is 0. The fourth-order valence-electron chi connectivity index (χ4n) is 5.21. The number of hydrogen-bond donors (Lipinski definition) is 0. The largest absolute Gasteiger partial charge is 0.497 e. The Kier molecular flexibility index (Phi) is 5.00. The lowest BCUT2D eigenvalue weighted by molar-refractivity contribution is -0.160. The molecule has 30 heavy (non-hydrogen) atoms. The number of morpholine rings is 1. The van der Waals surface area contributed by atoms with Gasteiger partial charge in [-0.3, -0.25) is 14.6 Å². The monoisotopic (exact) mass is 411 g/mol. The highest BCUT2D eigenvalue weighted by Gasteiger charge is 2.54. The highest BCUT2D eigenvalue weighted by atomic mass is 16.5. The summed E-state index contributed by atoms with van der Waals surface area (Å²) >= 11 is 0. The molecule has 3 saturated heterocycles. The molecule has 3 fully saturated rings. The molecule has 0 radical (unpaired) electrons. The number of benzene rings is 1. The van der Waals surface area contributed by atoms with Crippen LogP contribution in [-0.2, 0) is 18.3 Å². The molecule has 8 nitrogen and oxygen atoms in total. The average Bonchev–Trinajstić information content (AvgIpc) is 3.16. The normalized spacial score (nSPS) is 23.8. The van der Waals surface area contributed by atoms with Crippen LogP contribution in [0, 0.1) is 0 Å². The molecule has 0 aliphatic carbocycles. The number of rotatable bonds is 4. The zero-order valence-electron chi connectivity index (χ0n) is 17.7. The zero-order chi connectivity index (χ0) is 20.7. The second-order valence-corrected chi connectivity index (χ2v) is 8.70. The van der Waals surface area contributed by atoms with Gasteiger partial charge in [-0.1, -0.05) is 0 Å². The number of carbonyl (C=O) groups is 1. The van der Waals surface area contributed by atoms with Gasteiger partial charge in [0, 0.05) is 58.1 Å². The van der Waals surface area contributed by atoms with Gasteiger partial charge >= 0.3 is 0 Å². The van der Waals surface area contributed by atoms with E-state index in [1.165, 1.54) is 5.69 Å². The number of aromatic nitrogens is 2. The Labute approximate surface area is 177 Å². The maximum absolute atomic E-state index is 13.3. The molecule has 160 valence electrons. The summed E-state index contributed by atoms with van der Waals surface area (Å²) in [6, 6.07) is 7.66. The minimum Gasteiger partial charge on any atom is -0.497 e. The third-order valence-electron chi connectivity index (χ3n) is 6.72. The standard InChI is InChI=1S/C22H29N5O3/c1-24-16-23-9-18(24)10-25-13-22(14-25)15-26(11-19-12-30-8-7-27(19)22)21(28)17-3-5-20(29-2)6-4-17/h3-6,9,16,19H,7-8,10-15H2,1-2H3/t19-/m1/s1. The molecule has 5 rings (SSSR count). The minimum atomic E-state index is 0.00736. The molecule has 3 aliphatic rings. The molecular weight excluding hydrogens is 382 g/mol. The Morgan fingerprint density at radius 1 is 1.27 bits per heavy atom. The van der Waals surface area contributed by atoms with Crippen molar-refractivity contribution >= 4 is 5.91 Å². The second-order valence-electron chi connectivity index (χ2n) is 8.70. The number of imidazole rings is 1. The van der Waals surface area contributed by atoms with Gasteiger partial charge in [-0.05, 0) is 24.3 Å². The predicted octanol–water partition coefficient (Wildman–Crippen LogP) is 0.840. The van der Waals surface area contributed by atoms with Crippen LogP contribution in [0.25, 0.3) is 0 Å². The summed E-state index contributed by atoms with van der Waals surface area (Å²) in [5.41, 5.74) is 1.93. The van der Waals surface area contributed by atoms with Crippen molar-refractivity contribution in [1.29, 1.82) is 0 Å². The third kappa shape index (κ3) is 3.38. The lowest BCUT2D eigenvalue weighted by Crippen LogP contribution is -2.80. The van der Waals surface area contributed by atoms with Crippen molar-refractivity contribution in [2.45, 2.75) is 18.1 Å². The van der Waals surface area contributed by atoms with Crippen molar-refractivity contribution in [3.8, 4) is 5.75 Å². The van der Waals surface area contributed by atoms with Crippen molar-refractivity contribution < 1.29 is 14.3 Å². The van der Waals surface area contributed by atoms with E-state index in [1.54, 1.807) is 7.11 Å². The molecule has 0 saturated carbocycles. The molecule has 0 unspecified atom stereocenters. The Hall–Kier alpha value is -2.42. The lowest BCUT2D eigenvalue weighted by atomic mass is 9.82. The highest BCUT2D eigenvalue weighted by molar-refractivity contribution is 5.94. The van der Waals surface area contributed by atoms with Gasteiger partial charge in [-0.15, -0.1) is 0 Å². The van der Waals surface area contributed by atoms with Gasteiger partial charge < -0.3 is 18.9 Å². The number of likely N-dealkylation sites (tertiary alicyclic amines) is 1. The van der Waals surface area contributed by atoms with E-state index in [2.05, 4.69) is 19.4 Å². The van der Waals surface area contributed by atoms with E-state index < -0.39 is 0 Å². The molecule has 8 heteroatoms. The molecule has 1 aromatic heterocycles. The van der Waals surface area contributed by atoms with Gasteiger partial charge in [-0.25, -0.2) is 4.98 Å². The summed E-state index contributed by atoms with van der Waals surface area (Å²) < 4.78 is 13.1. The molecule has 1 aromatic carbocycles. The SMILES string of the molecule is COc1ccc(C(=O)N2C[C@@H]3COCCN3C3(CN(Cc4cncn4C)C3)C2)cc1. The highest BCUT2D eigenvalue weighted by Crippen LogP contribution is 2.36. The van der Waals surface area contributed by atoms with Crippen LogP contribution in [0.1, 0.15) is 16.1 Å². The molecule has 1 spiro atoms. The molecule has 3 aliphatic heterocycles. The van der Waals surface area contributed by atoms with E-state index in [0.29, 0.717) is 18.7 Å². The van der Waals surface area contributed by atoms with Crippen molar-refractivity contribution in [3.63, 3.8) is 0 Å². The Morgan fingerprint density at radius 3 is 2.77 bits per heavy atom. The number of aryl methyl sites for hydroxylation is 1. The molecule has 1 amide bonds. The molecular formula is C22H29N5O3. The van der Waals surface area contributed by atoms with Crippen LogP contribution >= 0.6 is 0 Å². The van der Waals surface area contributed by atoms with Crippen LogP contribution in [0.2, 0.25) is 0 Å². The summed E-state index contributed by atoms with van der Waals surface area (Å²) in [6.45, 7) is 6.68. The van der Waals surface area contributed by atoms with Gasteiger partial charge in [0.25, 0.3) is 5.91 Å². The summed E-state index contributed by atoms with van der Waals surface area (Å²) in [6.07, 6.45) is 3.78. The fraction of sp³-hybridized carbons (Fsp3) is 0.545. The molecule has 1 atom stereocenters. The molecule has 0 bridgehead atoms.